The Labute approximate surface area is 143 Å². The molecule has 0 spiro atoms. The molecule has 24 heavy (non-hydrogen) atoms. The average Bonchev–Trinajstić information content (AvgIpc) is 3.15. The summed E-state index contributed by atoms with van der Waals surface area (Å²) in [5, 5.41) is 11.9. The van der Waals surface area contributed by atoms with E-state index in [1.807, 2.05) is 30.3 Å². The molecule has 1 atom stereocenters. The van der Waals surface area contributed by atoms with Crippen LogP contribution in [-0.4, -0.2) is 20.9 Å². The zero-order chi connectivity index (χ0) is 16.7. The fourth-order valence-corrected chi connectivity index (χ4v) is 4.52. The normalized spacial score (nSPS) is 16.3. The Morgan fingerprint density at radius 1 is 1.17 bits per heavy atom. The first kappa shape index (κ1) is 15.1. The second-order valence-electron chi connectivity index (χ2n) is 5.79. The molecule has 0 fully saturated rings. The van der Waals surface area contributed by atoms with Gasteiger partial charge in [-0.3, -0.25) is 5.21 Å². The number of fused-ring (bicyclic) bond motifs is 3. The second kappa shape index (κ2) is 5.89. The summed E-state index contributed by atoms with van der Waals surface area (Å²) in [6.45, 7) is 0.750. The maximum absolute atomic E-state index is 11.5. The SMILES string of the molecule is NC(=O)N(O)C1CCn2c1c(Sc1ccccc1)c1ccccc12. The van der Waals surface area contributed by atoms with Crippen LogP contribution in [-0.2, 0) is 6.54 Å². The van der Waals surface area contributed by atoms with Gasteiger partial charge in [-0.2, -0.15) is 5.06 Å². The van der Waals surface area contributed by atoms with Gasteiger partial charge in [0.15, 0.2) is 0 Å². The molecular formula is C18H17N3O2S. The van der Waals surface area contributed by atoms with Crippen molar-refractivity contribution in [2.45, 2.75) is 28.8 Å². The van der Waals surface area contributed by atoms with E-state index >= 15 is 0 Å². The van der Waals surface area contributed by atoms with E-state index in [0.717, 1.165) is 32.9 Å². The molecule has 1 aliphatic rings. The quantitative estimate of drug-likeness (QED) is 0.559. The number of carbonyl (C=O) groups is 1. The first-order valence-electron chi connectivity index (χ1n) is 7.78. The number of urea groups is 1. The summed E-state index contributed by atoms with van der Waals surface area (Å²) in [4.78, 5) is 13.6. The predicted molar refractivity (Wildman–Crippen MR) is 93.1 cm³/mol. The van der Waals surface area contributed by atoms with Gasteiger partial charge in [0, 0.05) is 27.2 Å². The van der Waals surface area contributed by atoms with Gasteiger partial charge in [-0.15, -0.1) is 0 Å². The van der Waals surface area contributed by atoms with Crippen LogP contribution in [0.3, 0.4) is 0 Å². The van der Waals surface area contributed by atoms with Gasteiger partial charge in [-0.1, -0.05) is 48.2 Å². The molecule has 2 aromatic carbocycles. The molecule has 122 valence electrons. The molecule has 4 rings (SSSR count). The molecule has 1 aromatic heterocycles. The van der Waals surface area contributed by atoms with Gasteiger partial charge in [0.1, 0.15) is 6.04 Å². The number of hydroxylamine groups is 2. The number of hydrogen-bond acceptors (Lipinski definition) is 3. The van der Waals surface area contributed by atoms with Crippen LogP contribution < -0.4 is 5.73 Å². The summed E-state index contributed by atoms with van der Waals surface area (Å²) < 4.78 is 2.18. The van der Waals surface area contributed by atoms with Crippen molar-refractivity contribution in [3.05, 3.63) is 60.3 Å². The minimum absolute atomic E-state index is 0.416. The Morgan fingerprint density at radius 2 is 1.88 bits per heavy atom. The molecule has 2 heterocycles. The largest absolute Gasteiger partial charge is 0.350 e. The Morgan fingerprint density at radius 3 is 2.62 bits per heavy atom. The summed E-state index contributed by atoms with van der Waals surface area (Å²) in [6.07, 6.45) is 0.655. The Kier molecular flexibility index (Phi) is 3.70. The molecule has 0 saturated carbocycles. The number of hydrogen-bond donors (Lipinski definition) is 2. The fraction of sp³-hybridized carbons (Fsp3) is 0.167. The van der Waals surface area contributed by atoms with Gasteiger partial charge in [0.25, 0.3) is 0 Å². The smallest absolute Gasteiger partial charge is 0.339 e. The maximum Gasteiger partial charge on any atom is 0.339 e. The molecule has 0 bridgehead atoms. The number of aryl methyl sites for hydroxylation is 1. The van der Waals surface area contributed by atoms with Crippen molar-refractivity contribution in [2.24, 2.45) is 5.73 Å². The highest BCUT2D eigenvalue weighted by Gasteiger charge is 2.35. The van der Waals surface area contributed by atoms with Gasteiger partial charge in [-0.25, -0.2) is 4.79 Å². The predicted octanol–water partition coefficient (Wildman–Crippen LogP) is 4.01. The average molecular weight is 339 g/mol. The fourth-order valence-electron chi connectivity index (χ4n) is 3.36. The van der Waals surface area contributed by atoms with Crippen molar-refractivity contribution in [3.8, 4) is 0 Å². The lowest BCUT2D eigenvalue weighted by atomic mass is 10.1. The van der Waals surface area contributed by atoms with E-state index in [-0.39, 0.29) is 0 Å². The van der Waals surface area contributed by atoms with Crippen LogP contribution in [0.2, 0.25) is 0 Å². The molecule has 1 unspecified atom stereocenters. The van der Waals surface area contributed by atoms with Gasteiger partial charge < -0.3 is 10.3 Å². The molecule has 0 radical (unpaired) electrons. The molecule has 6 heteroatoms. The minimum atomic E-state index is -0.825. The summed E-state index contributed by atoms with van der Waals surface area (Å²) in [6, 6.07) is 17.0. The van der Waals surface area contributed by atoms with E-state index in [0.29, 0.717) is 11.5 Å². The van der Waals surface area contributed by atoms with Crippen LogP contribution in [0.1, 0.15) is 18.2 Å². The number of aromatic nitrogens is 1. The summed E-state index contributed by atoms with van der Waals surface area (Å²) in [7, 11) is 0. The standard InChI is InChI=1S/C18H17N3O2S/c19-18(22)21(23)15-10-11-20-14-9-5-4-8-13(14)17(16(15)20)24-12-6-2-1-3-7-12/h1-9,15,23H,10-11H2,(H2,19,22). The van der Waals surface area contributed by atoms with Crippen LogP contribution in [0.4, 0.5) is 4.79 Å². The first-order chi connectivity index (χ1) is 11.7. The molecule has 2 amide bonds. The van der Waals surface area contributed by atoms with E-state index in [4.69, 9.17) is 5.73 Å². The van der Waals surface area contributed by atoms with E-state index < -0.39 is 12.1 Å². The van der Waals surface area contributed by atoms with Crippen LogP contribution in [0.25, 0.3) is 10.9 Å². The van der Waals surface area contributed by atoms with E-state index in [2.05, 4.69) is 28.8 Å². The zero-order valence-corrected chi connectivity index (χ0v) is 13.7. The van der Waals surface area contributed by atoms with Crippen molar-refractivity contribution in [1.29, 1.82) is 0 Å². The number of amides is 2. The van der Waals surface area contributed by atoms with Gasteiger partial charge >= 0.3 is 6.03 Å². The molecule has 5 nitrogen and oxygen atoms in total. The number of carbonyl (C=O) groups excluding carboxylic acids is 1. The third kappa shape index (κ3) is 2.35. The van der Waals surface area contributed by atoms with Crippen LogP contribution in [0.15, 0.2) is 64.4 Å². The molecule has 3 aromatic rings. The molecule has 3 N–H and O–H groups in total. The topological polar surface area (TPSA) is 71.5 Å². The molecule has 1 aliphatic heterocycles. The summed E-state index contributed by atoms with van der Waals surface area (Å²) in [5.74, 6) is 0. The number of nitrogens with two attached hydrogens (primary N) is 1. The van der Waals surface area contributed by atoms with Crippen molar-refractivity contribution < 1.29 is 10.0 Å². The van der Waals surface area contributed by atoms with E-state index in [1.165, 1.54) is 0 Å². The lowest BCUT2D eigenvalue weighted by molar-refractivity contribution is -0.0764. The number of benzene rings is 2. The van der Waals surface area contributed by atoms with Gasteiger partial charge in [-0.05, 0) is 24.6 Å². The van der Waals surface area contributed by atoms with Crippen molar-refractivity contribution in [2.75, 3.05) is 0 Å². The second-order valence-corrected chi connectivity index (χ2v) is 6.87. The lowest BCUT2D eigenvalue weighted by Gasteiger charge is -2.20. The maximum atomic E-state index is 11.5. The number of nitrogens with zero attached hydrogens (tertiary/aromatic N) is 2. The summed E-state index contributed by atoms with van der Waals surface area (Å²) >= 11 is 1.65. The molecular weight excluding hydrogens is 322 g/mol. The first-order valence-corrected chi connectivity index (χ1v) is 8.60. The van der Waals surface area contributed by atoms with Crippen LogP contribution in [0.5, 0.6) is 0 Å². The van der Waals surface area contributed by atoms with Crippen molar-refractivity contribution >= 4 is 28.7 Å². The van der Waals surface area contributed by atoms with Crippen LogP contribution in [0, 0.1) is 0 Å². The number of primary amides is 1. The van der Waals surface area contributed by atoms with Crippen molar-refractivity contribution in [1.82, 2.24) is 9.63 Å². The Balaban J connectivity index is 1.89. The Hall–Kier alpha value is -2.44. The zero-order valence-electron chi connectivity index (χ0n) is 12.9. The highest BCUT2D eigenvalue weighted by molar-refractivity contribution is 7.99. The molecule has 0 aliphatic carbocycles. The van der Waals surface area contributed by atoms with Gasteiger partial charge in [0.2, 0.25) is 0 Å². The Bertz CT molecular complexity index is 907. The monoisotopic (exact) mass is 339 g/mol. The minimum Gasteiger partial charge on any atom is -0.350 e. The number of para-hydroxylation sites is 1. The third-order valence-electron chi connectivity index (χ3n) is 4.39. The highest BCUT2D eigenvalue weighted by atomic mass is 32.2. The van der Waals surface area contributed by atoms with Crippen molar-refractivity contribution in [3.63, 3.8) is 0 Å². The van der Waals surface area contributed by atoms with E-state index in [9.17, 15) is 10.0 Å². The van der Waals surface area contributed by atoms with Crippen LogP contribution >= 0.6 is 11.8 Å². The number of rotatable bonds is 3. The highest BCUT2D eigenvalue weighted by Crippen LogP contribution is 2.46. The van der Waals surface area contributed by atoms with Gasteiger partial charge in [0.05, 0.1) is 5.69 Å². The third-order valence-corrected chi connectivity index (χ3v) is 5.53. The van der Waals surface area contributed by atoms with E-state index in [1.54, 1.807) is 11.8 Å². The molecule has 0 saturated heterocycles. The lowest BCUT2D eigenvalue weighted by Crippen LogP contribution is -2.35. The summed E-state index contributed by atoms with van der Waals surface area (Å²) in [5.41, 5.74) is 7.36.